The molecule has 4 aromatic carbocycles. The number of halogens is 2. The van der Waals surface area contributed by atoms with Crippen molar-refractivity contribution in [1.29, 1.82) is 0 Å². The zero-order chi connectivity index (χ0) is 27.2. The molecule has 39 heavy (non-hydrogen) atoms. The van der Waals surface area contributed by atoms with Crippen LogP contribution in [0.25, 0.3) is 0 Å². The lowest BCUT2D eigenvalue weighted by molar-refractivity contribution is -0.141. The Morgan fingerprint density at radius 1 is 0.846 bits per heavy atom. The molecular formula is C31H26ClFN2O4. The van der Waals surface area contributed by atoms with Gasteiger partial charge in [-0.1, -0.05) is 72.3 Å². The lowest BCUT2D eigenvalue weighted by atomic mass is 10.0. The minimum Gasteiger partial charge on any atom is -0.454 e. The first-order valence-corrected chi connectivity index (χ1v) is 12.8. The molecule has 0 saturated heterocycles. The summed E-state index contributed by atoms with van der Waals surface area (Å²) in [6.45, 7) is 0.508. The highest BCUT2D eigenvalue weighted by Gasteiger charge is 2.31. The van der Waals surface area contributed by atoms with Gasteiger partial charge in [0, 0.05) is 18.1 Å². The molecule has 1 atom stereocenters. The Kier molecular flexibility index (Phi) is 8.08. The van der Waals surface area contributed by atoms with E-state index in [1.54, 1.807) is 42.5 Å². The van der Waals surface area contributed by atoms with Crippen LogP contribution in [0.3, 0.4) is 0 Å². The van der Waals surface area contributed by atoms with Crippen LogP contribution >= 0.6 is 11.6 Å². The van der Waals surface area contributed by atoms with Crippen molar-refractivity contribution in [3.63, 3.8) is 0 Å². The van der Waals surface area contributed by atoms with Crippen molar-refractivity contribution in [3.05, 3.63) is 130 Å². The molecule has 0 aromatic heterocycles. The first-order chi connectivity index (χ1) is 19.0. The number of hydrogen-bond donors (Lipinski definition) is 1. The molecular weight excluding hydrogens is 519 g/mol. The number of nitrogens with zero attached hydrogens (tertiary/aromatic N) is 1. The number of rotatable bonds is 9. The lowest BCUT2D eigenvalue weighted by Gasteiger charge is -2.32. The number of fused-ring (bicyclic) bond motifs is 1. The maximum Gasteiger partial charge on any atom is 0.247 e. The van der Waals surface area contributed by atoms with Gasteiger partial charge in [-0.25, -0.2) is 4.39 Å². The first-order valence-electron chi connectivity index (χ1n) is 12.5. The summed E-state index contributed by atoms with van der Waals surface area (Å²) in [4.78, 5) is 29.1. The van der Waals surface area contributed by atoms with Crippen molar-refractivity contribution in [2.24, 2.45) is 0 Å². The van der Waals surface area contributed by atoms with E-state index < -0.39 is 6.04 Å². The standard InChI is InChI=1S/C31H26ClFN2O4/c32-25-11-6-21(7-12-25)17-29(36)35(19-22-8-13-26(33)14-9-22)30(24-4-2-1-3-5-24)31(37)34-18-23-10-15-27-28(16-23)39-20-38-27/h1-16,30H,17-20H2,(H,34,37). The van der Waals surface area contributed by atoms with Gasteiger partial charge >= 0.3 is 0 Å². The first kappa shape index (κ1) is 26.3. The van der Waals surface area contributed by atoms with Crippen molar-refractivity contribution in [3.8, 4) is 11.5 Å². The van der Waals surface area contributed by atoms with Gasteiger partial charge in [-0.2, -0.15) is 0 Å². The molecule has 0 spiro atoms. The molecule has 1 aliphatic rings. The molecule has 0 bridgehead atoms. The van der Waals surface area contributed by atoms with Crippen molar-refractivity contribution in [2.75, 3.05) is 6.79 Å². The quantitative estimate of drug-likeness (QED) is 0.287. The fourth-order valence-electron chi connectivity index (χ4n) is 4.43. The molecule has 198 valence electrons. The van der Waals surface area contributed by atoms with Gasteiger partial charge in [0.2, 0.25) is 18.6 Å². The van der Waals surface area contributed by atoms with Gasteiger partial charge in [0.1, 0.15) is 11.9 Å². The van der Waals surface area contributed by atoms with Crippen LogP contribution in [0.2, 0.25) is 5.02 Å². The van der Waals surface area contributed by atoms with E-state index in [9.17, 15) is 14.0 Å². The molecule has 1 heterocycles. The Hall–Kier alpha value is -4.36. The predicted octanol–water partition coefficient (Wildman–Crippen LogP) is 5.84. The minimum absolute atomic E-state index is 0.0666. The highest BCUT2D eigenvalue weighted by Crippen LogP contribution is 2.32. The van der Waals surface area contributed by atoms with Crippen LogP contribution in [0.5, 0.6) is 11.5 Å². The SMILES string of the molecule is O=C(NCc1ccc2c(c1)OCO2)C(c1ccccc1)N(Cc1ccc(F)cc1)C(=O)Cc1ccc(Cl)cc1. The topological polar surface area (TPSA) is 67.9 Å². The van der Waals surface area contributed by atoms with Crippen LogP contribution in [0.15, 0.2) is 97.1 Å². The van der Waals surface area contributed by atoms with Gasteiger partial charge in [-0.05, 0) is 58.7 Å². The van der Waals surface area contributed by atoms with Crippen molar-refractivity contribution in [2.45, 2.75) is 25.6 Å². The number of carbonyl (C=O) groups excluding carboxylic acids is 2. The number of amides is 2. The van der Waals surface area contributed by atoms with Crippen molar-refractivity contribution in [1.82, 2.24) is 10.2 Å². The average Bonchev–Trinajstić information content (AvgIpc) is 3.42. The van der Waals surface area contributed by atoms with E-state index in [2.05, 4.69) is 5.32 Å². The summed E-state index contributed by atoms with van der Waals surface area (Å²) >= 11 is 6.03. The average molecular weight is 545 g/mol. The van der Waals surface area contributed by atoms with Gasteiger partial charge < -0.3 is 19.7 Å². The summed E-state index contributed by atoms with van der Waals surface area (Å²) < 4.78 is 24.4. The monoisotopic (exact) mass is 544 g/mol. The smallest absolute Gasteiger partial charge is 0.247 e. The van der Waals surface area contributed by atoms with Gasteiger partial charge in [0.15, 0.2) is 11.5 Å². The second-order valence-corrected chi connectivity index (χ2v) is 9.61. The number of carbonyl (C=O) groups is 2. The summed E-state index contributed by atoms with van der Waals surface area (Å²) in [6.07, 6.45) is 0.0666. The third kappa shape index (κ3) is 6.56. The van der Waals surface area contributed by atoms with Crippen LogP contribution in [0.4, 0.5) is 4.39 Å². The highest BCUT2D eigenvalue weighted by molar-refractivity contribution is 6.30. The zero-order valence-corrected chi connectivity index (χ0v) is 21.7. The van der Waals surface area contributed by atoms with Crippen LogP contribution in [-0.2, 0) is 29.1 Å². The molecule has 5 rings (SSSR count). The Balaban J connectivity index is 1.44. The fourth-order valence-corrected chi connectivity index (χ4v) is 4.56. The summed E-state index contributed by atoms with van der Waals surface area (Å²) in [5.41, 5.74) is 2.95. The molecule has 2 amide bonds. The van der Waals surface area contributed by atoms with Crippen LogP contribution in [-0.4, -0.2) is 23.5 Å². The summed E-state index contributed by atoms with van der Waals surface area (Å²) in [5.74, 6) is 0.306. The van der Waals surface area contributed by atoms with Gasteiger partial charge in [0.05, 0.1) is 6.42 Å². The highest BCUT2D eigenvalue weighted by atomic mass is 35.5. The fraction of sp³-hybridized carbons (Fsp3) is 0.161. The van der Waals surface area contributed by atoms with E-state index in [0.717, 1.165) is 11.1 Å². The Labute approximate surface area is 230 Å². The normalized spacial score (nSPS) is 12.6. The Morgan fingerprint density at radius 2 is 1.51 bits per heavy atom. The zero-order valence-electron chi connectivity index (χ0n) is 21.0. The van der Waals surface area contributed by atoms with Crippen LogP contribution in [0.1, 0.15) is 28.3 Å². The third-order valence-electron chi connectivity index (χ3n) is 6.43. The molecule has 1 unspecified atom stereocenters. The molecule has 6 nitrogen and oxygen atoms in total. The lowest BCUT2D eigenvalue weighted by Crippen LogP contribution is -2.43. The third-order valence-corrected chi connectivity index (χ3v) is 6.69. The predicted molar refractivity (Wildman–Crippen MR) is 146 cm³/mol. The van der Waals surface area contributed by atoms with E-state index >= 15 is 0 Å². The van der Waals surface area contributed by atoms with Crippen molar-refractivity contribution < 1.29 is 23.5 Å². The largest absolute Gasteiger partial charge is 0.454 e. The summed E-state index contributed by atoms with van der Waals surface area (Å²) in [7, 11) is 0. The molecule has 8 heteroatoms. The van der Waals surface area contributed by atoms with Crippen molar-refractivity contribution >= 4 is 23.4 Å². The number of ether oxygens (including phenoxy) is 2. The van der Waals surface area contributed by atoms with E-state index in [0.29, 0.717) is 27.6 Å². The molecule has 0 saturated carbocycles. The van der Waals surface area contributed by atoms with Gasteiger partial charge in [-0.3, -0.25) is 9.59 Å². The summed E-state index contributed by atoms with van der Waals surface area (Å²) in [6, 6.07) is 26.6. The number of nitrogens with one attached hydrogen (secondary N) is 1. The number of benzene rings is 4. The maximum absolute atomic E-state index is 13.8. The molecule has 0 aliphatic carbocycles. The Morgan fingerprint density at radius 3 is 2.26 bits per heavy atom. The van der Waals surface area contributed by atoms with E-state index in [1.807, 2.05) is 42.5 Å². The van der Waals surface area contributed by atoms with Gasteiger partial charge in [-0.15, -0.1) is 0 Å². The van der Waals surface area contributed by atoms with Crippen LogP contribution < -0.4 is 14.8 Å². The number of hydrogen-bond acceptors (Lipinski definition) is 4. The molecule has 1 N–H and O–H groups in total. The van der Waals surface area contributed by atoms with Crippen LogP contribution in [0, 0.1) is 5.82 Å². The second kappa shape index (κ2) is 12.0. The molecule has 4 aromatic rings. The van der Waals surface area contributed by atoms with Gasteiger partial charge in [0.25, 0.3) is 0 Å². The minimum atomic E-state index is -0.926. The van der Waals surface area contributed by atoms with E-state index in [1.165, 1.54) is 17.0 Å². The molecule has 0 fully saturated rings. The maximum atomic E-state index is 13.8. The molecule has 0 radical (unpaired) electrons. The summed E-state index contributed by atoms with van der Waals surface area (Å²) in [5, 5.41) is 3.55. The molecule has 1 aliphatic heterocycles. The van der Waals surface area contributed by atoms with E-state index in [-0.39, 0.29) is 43.9 Å². The Bertz CT molecular complexity index is 1450. The van der Waals surface area contributed by atoms with E-state index in [4.69, 9.17) is 21.1 Å². The second-order valence-electron chi connectivity index (χ2n) is 9.17.